The summed E-state index contributed by atoms with van der Waals surface area (Å²) in [6.45, 7) is 2.46. The van der Waals surface area contributed by atoms with Crippen molar-refractivity contribution in [2.24, 2.45) is 5.92 Å². The van der Waals surface area contributed by atoms with Crippen LogP contribution in [0.2, 0.25) is 5.02 Å². The van der Waals surface area contributed by atoms with E-state index in [0.717, 1.165) is 30.4 Å². The number of anilines is 1. The van der Waals surface area contributed by atoms with Crippen LogP contribution in [0.25, 0.3) is 0 Å². The predicted molar refractivity (Wildman–Crippen MR) is 132 cm³/mol. The second-order valence-corrected chi connectivity index (χ2v) is 9.43. The van der Waals surface area contributed by atoms with Crippen LogP contribution in [0.4, 0.5) is 5.69 Å². The third-order valence-electron chi connectivity index (χ3n) is 5.69. The van der Waals surface area contributed by atoms with Gasteiger partial charge >= 0.3 is 0 Å². The lowest BCUT2D eigenvalue weighted by Gasteiger charge is -2.32. The summed E-state index contributed by atoms with van der Waals surface area (Å²) >= 11 is 9.69. The number of likely N-dealkylation sites (tertiary alicyclic amines) is 1. The van der Waals surface area contributed by atoms with Crippen molar-refractivity contribution in [3.63, 3.8) is 0 Å². The van der Waals surface area contributed by atoms with Gasteiger partial charge in [0.15, 0.2) is 5.78 Å². The quantitative estimate of drug-likeness (QED) is 0.402. The Labute approximate surface area is 201 Å². The first-order valence-corrected chi connectivity index (χ1v) is 11.8. The molecule has 3 aromatic carbocycles. The number of carbonyl (C=O) groups is 2. The summed E-state index contributed by atoms with van der Waals surface area (Å²) in [5.41, 5.74) is 2.67. The van der Waals surface area contributed by atoms with Crippen LogP contribution in [-0.2, 0) is 11.3 Å². The van der Waals surface area contributed by atoms with E-state index in [-0.39, 0.29) is 17.6 Å². The van der Waals surface area contributed by atoms with E-state index in [1.54, 1.807) is 30.3 Å². The average Bonchev–Trinajstić information content (AvgIpc) is 2.80. The molecule has 6 heteroatoms. The molecule has 0 saturated carbocycles. The number of nitrogens with one attached hydrogen (secondary N) is 1. The van der Waals surface area contributed by atoms with Gasteiger partial charge in [0.05, 0.1) is 11.6 Å². The molecule has 1 aliphatic heterocycles. The number of halogens is 2. The maximum Gasteiger partial charge on any atom is 0.228 e. The van der Waals surface area contributed by atoms with E-state index in [0.29, 0.717) is 28.4 Å². The van der Waals surface area contributed by atoms with Gasteiger partial charge in [0.25, 0.3) is 0 Å². The molecule has 0 aromatic heterocycles. The Morgan fingerprint density at radius 2 is 1.84 bits per heavy atom. The Morgan fingerprint density at radius 1 is 1.03 bits per heavy atom. The minimum absolute atomic E-state index is 0.0617. The fourth-order valence-corrected chi connectivity index (χ4v) is 4.72. The lowest BCUT2D eigenvalue weighted by molar-refractivity contribution is -0.121. The van der Waals surface area contributed by atoms with E-state index in [4.69, 9.17) is 11.6 Å². The van der Waals surface area contributed by atoms with Crippen molar-refractivity contribution in [2.75, 3.05) is 18.4 Å². The van der Waals surface area contributed by atoms with E-state index < -0.39 is 0 Å². The SMILES string of the molecule is O=C(c1ccccc1)c1cc(Cl)ccc1NC(=O)C1CCCN(Cc2cccc(Br)c2)C1. The Hall–Kier alpha value is -2.47. The normalized spacial score (nSPS) is 16.5. The first kappa shape index (κ1) is 22.7. The van der Waals surface area contributed by atoms with E-state index in [1.165, 1.54) is 5.56 Å². The molecule has 0 aliphatic carbocycles. The summed E-state index contributed by atoms with van der Waals surface area (Å²) in [5, 5.41) is 3.46. The molecule has 4 rings (SSSR count). The molecule has 1 N–H and O–H groups in total. The Balaban J connectivity index is 1.47. The zero-order valence-corrected chi connectivity index (χ0v) is 19.9. The van der Waals surface area contributed by atoms with Crippen molar-refractivity contribution in [1.82, 2.24) is 4.90 Å². The number of amides is 1. The summed E-state index contributed by atoms with van der Waals surface area (Å²) in [7, 11) is 0. The largest absolute Gasteiger partial charge is 0.325 e. The molecule has 4 nitrogen and oxygen atoms in total. The van der Waals surface area contributed by atoms with Gasteiger partial charge in [0.1, 0.15) is 0 Å². The number of carbonyl (C=O) groups excluding carboxylic acids is 2. The van der Waals surface area contributed by atoms with Crippen LogP contribution in [0.15, 0.2) is 77.3 Å². The lowest BCUT2D eigenvalue weighted by atomic mass is 9.96. The van der Waals surface area contributed by atoms with E-state index in [2.05, 4.69) is 38.3 Å². The van der Waals surface area contributed by atoms with Crippen molar-refractivity contribution in [3.05, 3.63) is 99.0 Å². The Bertz CT molecular complexity index is 1120. The molecular formula is C26H24BrClN2O2. The Kier molecular flexibility index (Phi) is 7.40. The molecule has 1 fully saturated rings. The average molecular weight is 512 g/mol. The molecule has 1 unspecified atom stereocenters. The lowest BCUT2D eigenvalue weighted by Crippen LogP contribution is -2.40. The second kappa shape index (κ2) is 10.4. The van der Waals surface area contributed by atoms with Gasteiger partial charge in [0.2, 0.25) is 5.91 Å². The van der Waals surface area contributed by atoms with Gasteiger partial charge in [-0.05, 0) is 55.3 Å². The minimum Gasteiger partial charge on any atom is -0.325 e. The molecule has 164 valence electrons. The van der Waals surface area contributed by atoms with Crippen LogP contribution in [0.3, 0.4) is 0 Å². The molecule has 32 heavy (non-hydrogen) atoms. The predicted octanol–water partition coefficient (Wildman–Crippen LogP) is 6.18. The van der Waals surface area contributed by atoms with Crippen molar-refractivity contribution in [2.45, 2.75) is 19.4 Å². The molecule has 1 amide bonds. The number of nitrogens with zero attached hydrogens (tertiary/aromatic N) is 1. The van der Waals surface area contributed by atoms with Gasteiger partial charge in [-0.3, -0.25) is 14.5 Å². The first-order chi connectivity index (χ1) is 15.5. The summed E-state index contributed by atoms with van der Waals surface area (Å²) in [6, 6.07) is 22.3. The third kappa shape index (κ3) is 5.66. The van der Waals surface area contributed by atoms with Gasteiger partial charge in [-0.15, -0.1) is 0 Å². The number of hydrogen-bond acceptors (Lipinski definition) is 3. The van der Waals surface area contributed by atoms with Crippen LogP contribution in [0.5, 0.6) is 0 Å². The summed E-state index contributed by atoms with van der Waals surface area (Å²) in [6.07, 6.45) is 1.79. The van der Waals surface area contributed by atoms with Gasteiger partial charge < -0.3 is 5.32 Å². The van der Waals surface area contributed by atoms with E-state index in [9.17, 15) is 9.59 Å². The smallest absolute Gasteiger partial charge is 0.228 e. The molecule has 1 heterocycles. The highest BCUT2D eigenvalue weighted by molar-refractivity contribution is 9.10. The van der Waals surface area contributed by atoms with Crippen molar-refractivity contribution in [3.8, 4) is 0 Å². The summed E-state index contributed by atoms with van der Waals surface area (Å²) < 4.78 is 1.06. The molecule has 1 saturated heterocycles. The van der Waals surface area contributed by atoms with Gasteiger partial charge in [-0.1, -0.05) is 70.0 Å². The number of hydrogen-bond donors (Lipinski definition) is 1. The topological polar surface area (TPSA) is 49.4 Å². The monoisotopic (exact) mass is 510 g/mol. The van der Waals surface area contributed by atoms with Gasteiger partial charge in [-0.25, -0.2) is 0 Å². The maximum absolute atomic E-state index is 13.1. The second-order valence-electron chi connectivity index (χ2n) is 8.08. The zero-order valence-electron chi connectivity index (χ0n) is 17.6. The van der Waals surface area contributed by atoms with E-state index >= 15 is 0 Å². The van der Waals surface area contributed by atoms with E-state index in [1.807, 2.05) is 30.3 Å². The van der Waals surface area contributed by atoms with Crippen LogP contribution >= 0.6 is 27.5 Å². The fourth-order valence-electron chi connectivity index (χ4n) is 4.10. The highest BCUT2D eigenvalue weighted by Gasteiger charge is 2.27. The zero-order chi connectivity index (χ0) is 22.5. The molecule has 0 radical (unpaired) electrons. The molecular weight excluding hydrogens is 488 g/mol. The van der Waals surface area contributed by atoms with Crippen molar-refractivity contribution in [1.29, 1.82) is 0 Å². The van der Waals surface area contributed by atoms with Crippen LogP contribution in [-0.4, -0.2) is 29.7 Å². The highest BCUT2D eigenvalue weighted by atomic mass is 79.9. The third-order valence-corrected chi connectivity index (χ3v) is 6.42. The summed E-state index contributed by atoms with van der Waals surface area (Å²) in [4.78, 5) is 28.5. The van der Waals surface area contributed by atoms with Crippen molar-refractivity contribution >= 4 is 44.9 Å². The minimum atomic E-state index is -0.164. The number of benzene rings is 3. The van der Waals surface area contributed by atoms with Crippen LogP contribution < -0.4 is 5.32 Å². The molecule has 0 spiro atoms. The number of piperidine rings is 1. The number of ketones is 1. The van der Waals surface area contributed by atoms with Gasteiger partial charge in [-0.2, -0.15) is 0 Å². The summed E-state index contributed by atoms with van der Waals surface area (Å²) in [5.74, 6) is -0.358. The molecule has 1 aliphatic rings. The van der Waals surface area contributed by atoms with Gasteiger partial charge in [0, 0.05) is 33.7 Å². The fraction of sp³-hybridized carbons (Fsp3) is 0.231. The maximum atomic E-state index is 13.1. The van der Waals surface area contributed by atoms with Crippen molar-refractivity contribution < 1.29 is 9.59 Å². The van der Waals surface area contributed by atoms with Crippen LogP contribution in [0, 0.1) is 5.92 Å². The first-order valence-electron chi connectivity index (χ1n) is 10.7. The van der Waals surface area contributed by atoms with Crippen LogP contribution in [0.1, 0.15) is 34.3 Å². The molecule has 1 atom stereocenters. The highest BCUT2D eigenvalue weighted by Crippen LogP contribution is 2.26. The molecule has 0 bridgehead atoms. The number of rotatable bonds is 6. The Morgan fingerprint density at radius 3 is 2.62 bits per heavy atom. The standard InChI is InChI=1S/C26H24BrClN2O2/c27-21-10-4-6-18(14-21)16-30-13-5-9-20(17-30)26(32)29-24-12-11-22(28)15-23(24)25(31)19-7-2-1-3-8-19/h1-4,6-8,10-12,14-15,20H,5,9,13,16-17H2,(H,29,32). The molecule has 3 aromatic rings.